The summed E-state index contributed by atoms with van der Waals surface area (Å²) in [6.07, 6.45) is 3.78. The van der Waals surface area contributed by atoms with Gasteiger partial charge in [-0.05, 0) is 31.4 Å². The van der Waals surface area contributed by atoms with Gasteiger partial charge in [0.05, 0.1) is 6.54 Å². The Labute approximate surface area is 101 Å². The van der Waals surface area contributed by atoms with Crippen molar-refractivity contribution in [3.63, 3.8) is 0 Å². The molecule has 0 N–H and O–H groups in total. The van der Waals surface area contributed by atoms with E-state index in [-0.39, 0.29) is 24.4 Å². The van der Waals surface area contributed by atoms with Crippen LogP contribution in [0, 0.1) is 0 Å². The Morgan fingerprint density at radius 1 is 1.31 bits per heavy atom. The van der Waals surface area contributed by atoms with Crippen molar-refractivity contribution < 1.29 is 9.59 Å². The van der Waals surface area contributed by atoms with Crippen LogP contribution in [0.1, 0.15) is 25.7 Å². The van der Waals surface area contributed by atoms with E-state index in [0.717, 1.165) is 38.0 Å². The van der Waals surface area contributed by atoms with Crippen molar-refractivity contribution in [1.82, 2.24) is 9.80 Å². The van der Waals surface area contributed by atoms with Gasteiger partial charge < -0.3 is 9.80 Å². The predicted octanol–water partition coefficient (Wildman–Crippen LogP) is 0.530. The molecule has 2 rings (SSSR count). The number of amides is 2. The molecule has 0 aromatic heterocycles. The number of fused-ring (bicyclic) bond motifs is 1. The fraction of sp³-hybridized carbons (Fsp3) is 0.818. The summed E-state index contributed by atoms with van der Waals surface area (Å²) in [5.74, 6) is 1.01. The Kier molecular flexibility index (Phi) is 3.74. The summed E-state index contributed by atoms with van der Waals surface area (Å²) in [5.41, 5.74) is 0. The molecular formula is C11H18N2O2S. The number of rotatable bonds is 3. The summed E-state index contributed by atoms with van der Waals surface area (Å²) < 4.78 is 0. The monoisotopic (exact) mass is 242 g/mol. The molecule has 2 saturated heterocycles. The number of carbonyl (C=O) groups excluding carboxylic acids is 2. The van der Waals surface area contributed by atoms with Crippen LogP contribution in [0.15, 0.2) is 0 Å². The van der Waals surface area contributed by atoms with Crippen LogP contribution in [0.3, 0.4) is 0 Å². The molecule has 0 bridgehead atoms. The minimum atomic E-state index is -0.171. The molecule has 90 valence electrons. The topological polar surface area (TPSA) is 40.6 Å². The molecule has 2 amide bonds. The molecule has 2 heterocycles. The van der Waals surface area contributed by atoms with E-state index in [1.165, 1.54) is 0 Å². The van der Waals surface area contributed by atoms with Gasteiger partial charge in [0.1, 0.15) is 6.04 Å². The standard InChI is InChI=1S/C11H18N2O2S/c14-10-8-12(5-3-7-16)11(15)9-4-1-2-6-13(9)10/h9,16H,1-8H2. The average molecular weight is 242 g/mol. The highest BCUT2D eigenvalue weighted by atomic mass is 32.1. The Balaban J connectivity index is 2.04. The fourth-order valence-electron chi connectivity index (χ4n) is 2.48. The summed E-state index contributed by atoms with van der Waals surface area (Å²) >= 11 is 4.13. The molecule has 5 heteroatoms. The molecule has 2 fully saturated rings. The first kappa shape index (κ1) is 11.8. The molecule has 0 spiro atoms. The summed E-state index contributed by atoms with van der Waals surface area (Å²) in [7, 11) is 0. The first-order chi connectivity index (χ1) is 7.74. The Morgan fingerprint density at radius 2 is 2.12 bits per heavy atom. The van der Waals surface area contributed by atoms with Gasteiger partial charge in [0.15, 0.2) is 0 Å². The zero-order chi connectivity index (χ0) is 11.5. The van der Waals surface area contributed by atoms with E-state index >= 15 is 0 Å². The highest BCUT2D eigenvalue weighted by Crippen LogP contribution is 2.23. The van der Waals surface area contributed by atoms with E-state index in [1.807, 2.05) is 0 Å². The second kappa shape index (κ2) is 5.08. The van der Waals surface area contributed by atoms with Crippen molar-refractivity contribution in [2.45, 2.75) is 31.7 Å². The zero-order valence-corrected chi connectivity index (χ0v) is 10.3. The summed E-state index contributed by atoms with van der Waals surface area (Å²) in [4.78, 5) is 27.4. The van der Waals surface area contributed by atoms with Gasteiger partial charge in [-0.15, -0.1) is 0 Å². The molecular weight excluding hydrogens is 224 g/mol. The van der Waals surface area contributed by atoms with Crippen LogP contribution in [0.4, 0.5) is 0 Å². The maximum atomic E-state index is 12.1. The second-order valence-corrected chi connectivity index (χ2v) is 4.88. The number of thiol groups is 1. The lowest BCUT2D eigenvalue weighted by molar-refractivity contribution is -0.157. The van der Waals surface area contributed by atoms with Crippen molar-refractivity contribution in [2.24, 2.45) is 0 Å². The van der Waals surface area contributed by atoms with Crippen LogP contribution in [-0.4, -0.2) is 53.0 Å². The third kappa shape index (κ3) is 2.19. The lowest BCUT2D eigenvalue weighted by Crippen LogP contribution is -2.61. The summed E-state index contributed by atoms with van der Waals surface area (Å²) in [5, 5.41) is 0. The molecule has 0 aromatic rings. The number of piperidine rings is 1. The molecule has 2 aliphatic rings. The van der Waals surface area contributed by atoms with Crippen LogP contribution in [0.25, 0.3) is 0 Å². The third-order valence-corrected chi connectivity index (χ3v) is 3.65. The van der Waals surface area contributed by atoms with Crippen LogP contribution in [0.2, 0.25) is 0 Å². The molecule has 0 saturated carbocycles. The quantitative estimate of drug-likeness (QED) is 0.733. The van der Waals surface area contributed by atoms with Gasteiger partial charge in [-0.3, -0.25) is 9.59 Å². The van der Waals surface area contributed by atoms with E-state index in [4.69, 9.17) is 0 Å². The molecule has 1 atom stereocenters. The minimum absolute atomic E-state index is 0.114. The van der Waals surface area contributed by atoms with Gasteiger partial charge in [0.25, 0.3) is 0 Å². The Hall–Kier alpha value is -0.710. The molecule has 0 radical (unpaired) electrons. The average Bonchev–Trinajstić information content (AvgIpc) is 2.32. The van der Waals surface area contributed by atoms with Gasteiger partial charge in [0.2, 0.25) is 11.8 Å². The minimum Gasteiger partial charge on any atom is -0.332 e. The summed E-state index contributed by atoms with van der Waals surface area (Å²) in [6, 6.07) is -0.171. The van der Waals surface area contributed by atoms with Crippen molar-refractivity contribution in [2.75, 3.05) is 25.4 Å². The van der Waals surface area contributed by atoms with Gasteiger partial charge in [-0.1, -0.05) is 0 Å². The smallest absolute Gasteiger partial charge is 0.245 e. The molecule has 1 unspecified atom stereocenters. The molecule has 4 nitrogen and oxygen atoms in total. The molecule has 16 heavy (non-hydrogen) atoms. The largest absolute Gasteiger partial charge is 0.332 e. The third-order valence-electron chi connectivity index (χ3n) is 3.33. The molecule has 0 aliphatic carbocycles. The SMILES string of the molecule is O=C1C2CCCCN2C(=O)CN1CCCS. The van der Waals surface area contributed by atoms with Gasteiger partial charge in [-0.25, -0.2) is 0 Å². The number of nitrogens with zero attached hydrogens (tertiary/aromatic N) is 2. The maximum absolute atomic E-state index is 12.1. The van der Waals surface area contributed by atoms with Gasteiger partial charge in [0, 0.05) is 13.1 Å². The highest BCUT2D eigenvalue weighted by molar-refractivity contribution is 7.80. The first-order valence-electron chi connectivity index (χ1n) is 5.93. The van der Waals surface area contributed by atoms with Crippen LogP contribution >= 0.6 is 12.6 Å². The number of hydrogen-bond donors (Lipinski definition) is 1. The molecule has 0 aromatic carbocycles. The van der Waals surface area contributed by atoms with Crippen LogP contribution < -0.4 is 0 Å². The number of piperazine rings is 1. The normalized spacial score (nSPS) is 25.9. The van der Waals surface area contributed by atoms with Crippen LogP contribution in [-0.2, 0) is 9.59 Å². The molecule has 2 aliphatic heterocycles. The van der Waals surface area contributed by atoms with E-state index in [1.54, 1.807) is 9.80 Å². The Bertz CT molecular complexity index is 296. The van der Waals surface area contributed by atoms with E-state index in [2.05, 4.69) is 12.6 Å². The second-order valence-electron chi connectivity index (χ2n) is 4.44. The zero-order valence-electron chi connectivity index (χ0n) is 9.39. The lowest BCUT2D eigenvalue weighted by atomic mass is 9.98. The van der Waals surface area contributed by atoms with Gasteiger partial charge in [-0.2, -0.15) is 12.6 Å². The van der Waals surface area contributed by atoms with E-state index in [0.29, 0.717) is 6.54 Å². The van der Waals surface area contributed by atoms with Crippen molar-refractivity contribution in [3.05, 3.63) is 0 Å². The lowest BCUT2D eigenvalue weighted by Gasteiger charge is -2.42. The number of hydrogen-bond acceptors (Lipinski definition) is 3. The van der Waals surface area contributed by atoms with E-state index in [9.17, 15) is 9.59 Å². The Morgan fingerprint density at radius 3 is 2.88 bits per heavy atom. The fourth-order valence-corrected chi connectivity index (χ4v) is 2.62. The van der Waals surface area contributed by atoms with Gasteiger partial charge >= 0.3 is 0 Å². The van der Waals surface area contributed by atoms with Crippen LogP contribution in [0.5, 0.6) is 0 Å². The number of carbonyl (C=O) groups is 2. The highest BCUT2D eigenvalue weighted by Gasteiger charge is 2.39. The van der Waals surface area contributed by atoms with E-state index < -0.39 is 0 Å². The first-order valence-corrected chi connectivity index (χ1v) is 6.56. The van der Waals surface area contributed by atoms with Crippen molar-refractivity contribution >= 4 is 24.4 Å². The summed E-state index contributed by atoms with van der Waals surface area (Å²) in [6.45, 7) is 1.69. The van der Waals surface area contributed by atoms with Crippen molar-refractivity contribution in [3.8, 4) is 0 Å². The maximum Gasteiger partial charge on any atom is 0.245 e. The predicted molar refractivity (Wildman–Crippen MR) is 64.4 cm³/mol. The van der Waals surface area contributed by atoms with Crippen molar-refractivity contribution in [1.29, 1.82) is 0 Å².